The molecule has 2 heterocycles. The molecule has 0 bridgehead atoms. The Morgan fingerprint density at radius 2 is 1.83 bits per heavy atom. The number of para-hydroxylation sites is 1. The minimum absolute atomic E-state index is 0.116. The first kappa shape index (κ1) is 19.5. The van der Waals surface area contributed by atoms with Gasteiger partial charge >= 0.3 is 0 Å². The number of hydrogen-bond donors (Lipinski definition) is 1. The van der Waals surface area contributed by atoms with Crippen molar-refractivity contribution in [2.75, 3.05) is 19.5 Å². The summed E-state index contributed by atoms with van der Waals surface area (Å²) in [6.07, 6.45) is 4.16. The second kappa shape index (κ2) is 8.29. The Hall–Kier alpha value is -3.80. The Kier molecular flexibility index (Phi) is 5.39. The van der Waals surface area contributed by atoms with Crippen molar-refractivity contribution >= 4 is 17.2 Å². The van der Waals surface area contributed by atoms with Crippen LogP contribution in [-0.2, 0) is 11.2 Å². The van der Waals surface area contributed by atoms with Crippen LogP contribution in [0.1, 0.15) is 11.1 Å². The number of ether oxygens (including phenoxy) is 2. The highest BCUT2D eigenvalue weighted by atomic mass is 16.5. The summed E-state index contributed by atoms with van der Waals surface area (Å²) in [7, 11) is 3.16. The van der Waals surface area contributed by atoms with Gasteiger partial charge < -0.3 is 19.2 Å². The number of hydrogen-bond acceptors (Lipinski definition) is 4. The van der Waals surface area contributed by atoms with Crippen molar-refractivity contribution in [1.29, 1.82) is 0 Å². The van der Waals surface area contributed by atoms with Crippen LogP contribution in [0.3, 0.4) is 0 Å². The third-order valence-corrected chi connectivity index (χ3v) is 4.97. The number of fused-ring (bicyclic) bond motifs is 1. The molecule has 1 amide bonds. The van der Waals surface area contributed by atoms with Gasteiger partial charge in [0.2, 0.25) is 5.91 Å². The number of benzene rings is 2. The molecule has 0 aliphatic carbocycles. The Bertz CT molecular complexity index is 1210. The van der Waals surface area contributed by atoms with Gasteiger partial charge in [-0.05, 0) is 42.3 Å². The number of anilines is 1. The number of pyridine rings is 1. The van der Waals surface area contributed by atoms with Crippen LogP contribution in [0.25, 0.3) is 16.9 Å². The lowest BCUT2D eigenvalue weighted by molar-refractivity contribution is -0.115. The SMILES string of the molecule is COc1ccc(CC(=O)Nc2ccccc2-c2cn3cccc(C)c3n2)cc1OC. The zero-order chi connectivity index (χ0) is 21.1. The van der Waals surface area contributed by atoms with Crippen molar-refractivity contribution in [1.82, 2.24) is 9.38 Å². The summed E-state index contributed by atoms with van der Waals surface area (Å²) in [4.78, 5) is 17.5. The number of amides is 1. The van der Waals surface area contributed by atoms with Gasteiger partial charge in [-0.15, -0.1) is 0 Å². The number of aromatic nitrogens is 2. The molecule has 0 radical (unpaired) electrons. The van der Waals surface area contributed by atoms with Crippen molar-refractivity contribution in [3.63, 3.8) is 0 Å². The molecule has 0 aliphatic rings. The average Bonchev–Trinajstić information content (AvgIpc) is 3.19. The van der Waals surface area contributed by atoms with E-state index in [0.717, 1.165) is 33.7 Å². The quantitative estimate of drug-likeness (QED) is 0.516. The average molecular weight is 401 g/mol. The zero-order valence-corrected chi connectivity index (χ0v) is 17.2. The fourth-order valence-corrected chi connectivity index (χ4v) is 3.47. The van der Waals surface area contributed by atoms with E-state index in [9.17, 15) is 4.79 Å². The molecule has 2 aromatic carbocycles. The summed E-state index contributed by atoms with van der Waals surface area (Å²) in [6.45, 7) is 2.03. The maximum Gasteiger partial charge on any atom is 0.228 e. The van der Waals surface area contributed by atoms with Gasteiger partial charge in [0.05, 0.1) is 32.0 Å². The predicted octanol–water partition coefficient (Wildman–Crippen LogP) is 4.51. The lowest BCUT2D eigenvalue weighted by atomic mass is 10.1. The van der Waals surface area contributed by atoms with Crippen molar-refractivity contribution < 1.29 is 14.3 Å². The lowest BCUT2D eigenvalue weighted by Gasteiger charge is -2.11. The van der Waals surface area contributed by atoms with Crippen molar-refractivity contribution in [2.45, 2.75) is 13.3 Å². The summed E-state index contributed by atoms with van der Waals surface area (Å²) < 4.78 is 12.6. The highest BCUT2D eigenvalue weighted by Crippen LogP contribution is 2.30. The summed E-state index contributed by atoms with van der Waals surface area (Å²) in [5.74, 6) is 1.12. The van der Waals surface area contributed by atoms with Gasteiger partial charge in [-0.1, -0.05) is 30.3 Å². The third-order valence-electron chi connectivity index (χ3n) is 4.97. The minimum atomic E-state index is -0.116. The van der Waals surface area contributed by atoms with Crippen LogP contribution in [0.5, 0.6) is 11.5 Å². The fourth-order valence-electron chi connectivity index (χ4n) is 3.47. The Morgan fingerprint density at radius 3 is 2.60 bits per heavy atom. The maximum absolute atomic E-state index is 12.7. The first-order valence-electron chi connectivity index (χ1n) is 9.63. The summed E-state index contributed by atoms with van der Waals surface area (Å²) >= 11 is 0. The molecule has 0 atom stereocenters. The van der Waals surface area contributed by atoms with E-state index in [1.54, 1.807) is 20.3 Å². The molecular formula is C24H23N3O3. The second-order valence-corrected chi connectivity index (χ2v) is 7.01. The molecule has 2 aromatic heterocycles. The van der Waals surface area contributed by atoms with E-state index >= 15 is 0 Å². The molecule has 0 saturated carbocycles. The molecule has 30 heavy (non-hydrogen) atoms. The minimum Gasteiger partial charge on any atom is -0.493 e. The molecule has 6 nitrogen and oxygen atoms in total. The number of methoxy groups -OCH3 is 2. The molecule has 0 aliphatic heterocycles. The van der Waals surface area contributed by atoms with E-state index in [4.69, 9.17) is 14.5 Å². The molecule has 0 saturated heterocycles. The van der Waals surface area contributed by atoms with Gasteiger partial charge in [0, 0.05) is 18.0 Å². The summed E-state index contributed by atoms with van der Waals surface area (Å²) in [5, 5.41) is 3.02. The highest BCUT2D eigenvalue weighted by Gasteiger charge is 2.13. The normalized spacial score (nSPS) is 10.8. The van der Waals surface area contributed by atoms with Crippen LogP contribution in [0, 0.1) is 6.92 Å². The van der Waals surface area contributed by atoms with Gasteiger partial charge in [0.25, 0.3) is 0 Å². The number of carbonyl (C=O) groups is 1. The van der Waals surface area contributed by atoms with Crippen molar-refractivity contribution in [3.05, 3.63) is 78.1 Å². The molecule has 0 fully saturated rings. The van der Waals surface area contributed by atoms with E-state index in [-0.39, 0.29) is 12.3 Å². The third kappa shape index (κ3) is 3.85. The first-order valence-corrected chi connectivity index (χ1v) is 9.63. The molecule has 1 N–H and O–H groups in total. The van der Waals surface area contributed by atoms with Crippen LogP contribution in [0.15, 0.2) is 67.0 Å². The molecule has 152 valence electrons. The number of nitrogens with one attached hydrogen (secondary N) is 1. The fraction of sp³-hybridized carbons (Fsp3) is 0.167. The van der Waals surface area contributed by atoms with Crippen LogP contribution in [-0.4, -0.2) is 29.5 Å². The molecule has 0 spiro atoms. The van der Waals surface area contributed by atoms with E-state index in [1.165, 1.54) is 0 Å². The Labute approximate surface area is 175 Å². The largest absolute Gasteiger partial charge is 0.493 e. The van der Waals surface area contributed by atoms with Gasteiger partial charge in [0.15, 0.2) is 11.5 Å². The predicted molar refractivity (Wildman–Crippen MR) is 117 cm³/mol. The standard InChI is InChI=1S/C24H23N3O3/c1-16-7-6-12-27-15-20(26-24(16)27)18-8-4-5-9-19(18)25-23(28)14-17-10-11-21(29-2)22(13-17)30-3/h4-13,15H,14H2,1-3H3,(H,25,28). The van der Waals surface area contributed by atoms with Gasteiger partial charge in [-0.25, -0.2) is 4.98 Å². The van der Waals surface area contributed by atoms with Gasteiger partial charge in [-0.3, -0.25) is 4.79 Å². The number of aryl methyl sites for hydroxylation is 1. The maximum atomic E-state index is 12.7. The monoisotopic (exact) mass is 401 g/mol. The summed E-state index contributed by atoms with van der Waals surface area (Å²) in [6, 6.07) is 17.2. The van der Waals surface area contributed by atoms with E-state index in [1.807, 2.05) is 72.2 Å². The highest BCUT2D eigenvalue weighted by molar-refractivity contribution is 5.96. The second-order valence-electron chi connectivity index (χ2n) is 7.01. The van der Waals surface area contributed by atoms with Crippen LogP contribution >= 0.6 is 0 Å². The van der Waals surface area contributed by atoms with Crippen molar-refractivity contribution in [3.8, 4) is 22.8 Å². The number of imidazole rings is 1. The van der Waals surface area contributed by atoms with Crippen molar-refractivity contribution in [2.24, 2.45) is 0 Å². The number of rotatable bonds is 6. The molecule has 4 rings (SSSR count). The Morgan fingerprint density at radius 1 is 1.03 bits per heavy atom. The van der Waals surface area contributed by atoms with E-state index in [2.05, 4.69) is 5.32 Å². The lowest BCUT2D eigenvalue weighted by Crippen LogP contribution is -2.15. The van der Waals surface area contributed by atoms with Crippen LogP contribution in [0.4, 0.5) is 5.69 Å². The number of nitrogens with zero attached hydrogens (tertiary/aromatic N) is 2. The van der Waals surface area contributed by atoms with Crippen LogP contribution in [0.2, 0.25) is 0 Å². The topological polar surface area (TPSA) is 64.9 Å². The van der Waals surface area contributed by atoms with Crippen LogP contribution < -0.4 is 14.8 Å². The Balaban J connectivity index is 1.58. The smallest absolute Gasteiger partial charge is 0.228 e. The summed E-state index contributed by atoms with van der Waals surface area (Å²) in [5.41, 5.74) is 5.25. The van der Waals surface area contributed by atoms with Gasteiger partial charge in [-0.2, -0.15) is 0 Å². The van der Waals surface area contributed by atoms with Gasteiger partial charge in [0.1, 0.15) is 5.65 Å². The first-order chi connectivity index (χ1) is 14.6. The zero-order valence-electron chi connectivity index (χ0n) is 17.2. The van der Waals surface area contributed by atoms with E-state index < -0.39 is 0 Å². The molecule has 6 heteroatoms. The number of carbonyl (C=O) groups excluding carboxylic acids is 1. The molecule has 0 unspecified atom stereocenters. The molecule has 4 aromatic rings. The van der Waals surface area contributed by atoms with E-state index in [0.29, 0.717) is 11.5 Å². The molecular weight excluding hydrogens is 378 g/mol.